The van der Waals surface area contributed by atoms with Crippen LogP contribution in [0.15, 0.2) is 18.5 Å². The molecule has 0 fully saturated rings. The first-order valence-electron chi connectivity index (χ1n) is 5.78. The fraction of sp³-hybridized carbons (Fsp3) is 0.417. The van der Waals surface area contributed by atoms with Gasteiger partial charge >= 0.3 is 5.97 Å². The van der Waals surface area contributed by atoms with Crippen molar-refractivity contribution in [2.45, 2.75) is 25.8 Å². The number of carboxylic acid groups (broad SMARTS) is 1. The minimum Gasteiger partial charge on any atom is -0.481 e. The number of nitrogens with zero attached hydrogens (tertiary/aromatic N) is 2. The van der Waals surface area contributed by atoms with Gasteiger partial charge in [0.1, 0.15) is 6.33 Å². The van der Waals surface area contributed by atoms with Gasteiger partial charge in [0, 0.05) is 6.04 Å². The Labute approximate surface area is 104 Å². The van der Waals surface area contributed by atoms with E-state index in [1.54, 1.807) is 12.2 Å². The highest BCUT2D eigenvalue weighted by atomic mass is 19.1. The minimum absolute atomic E-state index is 0.127. The average Bonchev–Trinajstić information content (AvgIpc) is 2.80. The molecule has 0 aromatic carbocycles. The highest BCUT2D eigenvalue weighted by molar-refractivity contribution is 5.73. The van der Waals surface area contributed by atoms with Crippen molar-refractivity contribution < 1.29 is 14.3 Å². The summed E-state index contributed by atoms with van der Waals surface area (Å²) in [4.78, 5) is 18.5. The summed E-state index contributed by atoms with van der Waals surface area (Å²) in [6.07, 6.45) is 5.53. The molecule has 1 aliphatic carbocycles. The Morgan fingerprint density at radius 3 is 2.94 bits per heavy atom. The monoisotopic (exact) mass is 251 g/mol. The van der Waals surface area contributed by atoms with Crippen LogP contribution in [0.5, 0.6) is 0 Å². The second kappa shape index (κ2) is 5.12. The third kappa shape index (κ3) is 2.47. The minimum atomic E-state index is -0.868. The van der Waals surface area contributed by atoms with Crippen LogP contribution in [-0.2, 0) is 11.2 Å². The zero-order valence-electron chi connectivity index (χ0n) is 9.93. The van der Waals surface area contributed by atoms with Gasteiger partial charge in [0.05, 0.1) is 11.6 Å². The maximum Gasteiger partial charge on any atom is 0.310 e. The molecule has 96 valence electrons. The number of aliphatic carboxylic acids is 1. The highest BCUT2D eigenvalue weighted by Crippen LogP contribution is 2.22. The molecule has 0 spiro atoms. The summed E-state index contributed by atoms with van der Waals surface area (Å²) >= 11 is 0. The average molecular weight is 251 g/mol. The van der Waals surface area contributed by atoms with Crippen LogP contribution in [0.4, 0.5) is 10.2 Å². The van der Waals surface area contributed by atoms with Crippen molar-refractivity contribution in [3.63, 3.8) is 0 Å². The molecule has 0 saturated heterocycles. The maximum absolute atomic E-state index is 13.9. The first-order chi connectivity index (χ1) is 8.61. The maximum atomic E-state index is 13.9. The summed E-state index contributed by atoms with van der Waals surface area (Å²) in [5, 5.41) is 11.7. The zero-order valence-corrected chi connectivity index (χ0v) is 9.93. The van der Waals surface area contributed by atoms with Gasteiger partial charge in [-0.1, -0.05) is 19.1 Å². The van der Waals surface area contributed by atoms with E-state index in [1.807, 2.05) is 6.92 Å². The fourth-order valence-electron chi connectivity index (χ4n) is 1.92. The Balaban J connectivity index is 2.08. The van der Waals surface area contributed by atoms with Crippen LogP contribution in [0.1, 0.15) is 19.0 Å². The molecule has 2 rings (SSSR count). The Morgan fingerprint density at radius 2 is 2.33 bits per heavy atom. The summed E-state index contributed by atoms with van der Waals surface area (Å²) in [6, 6.07) is -0.208. The molecule has 0 saturated carbocycles. The molecular formula is C12H14FN3O2. The summed E-state index contributed by atoms with van der Waals surface area (Å²) in [5.74, 6) is -1.72. The highest BCUT2D eigenvalue weighted by Gasteiger charge is 2.25. The molecule has 1 aromatic heterocycles. The van der Waals surface area contributed by atoms with Crippen LogP contribution in [0, 0.1) is 11.7 Å². The summed E-state index contributed by atoms with van der Waals surface area (Å²) in [7, 11) is 0. The number of hydrogen-bond donors (Lipinski definition) is 2. The lowest BCUT2D eigenvalue weighted by atomic mass is 10.1. The molecule has 5 nitrogen and oxygen atoms in total. The van der Waals surface area contributed by atoms with Crippen LogP contribution in [0.3, 0.4) is 0 Å². The predicted molar refractivity (Wildman–Crippen MR) is 63.7 cm³/mol. The first-order valence-corrected chi connectivity index (χ1v) is 5.78. The molecule has 0 amide bonds. The first kappa shape index (κ1) is 12.5. The van der Waals surface area contributed by atoms with E-state index in [1.165, 1.54) is 6.33 Å². The number of aryl methyl sites for hydroxylation is 1. The summed E-state index contributed by atoms with van der Waals surface area (Å²) in [5.41, 5.74) is 0.351. The van der Waals surface area contributed by atoms with E-state index in [0.29, 0.717) is 18.5 Å². The zero-order chi connectivity index (χ0) is 13.1. The van der Waals surface area contributed by atoms with Gasteiger partial charge in [0.2, 0.25) is 0 Å². The second-order valence-electron chi connectivity index (χ2n) is 4.15. The standard InChI is InChI=1S/C12H14FN3O2/c1-2-9-10(13)11(15-6-14-9)16-8-4-3-7(5-8)12(17)18/h3-4,6-8H,2,5H2,1H3,(H,17,18)(H,14,15,16). The van der Waals surface area contributed by atoms with Crippen LogP contribution in [0.2, 0.25) is 0 Å². The van der Waals surface area contributed by atoms with E-state index in [-0.39, 0.29) is 11.9 Å². The van der Waals surface area contributed by atoms with E-state index in [0.717, 1.165) is 0 Å². The van der Waals surface area contributed by atoms with Crippen LogP contribution in [0.25, 0.3) is 0 Å². The van der Waals surface area contributed by atoms with Gasteiger partial charge in [-0.25, -0.2) is 14.4 Å². The molecule has 0 aliphatic heterocycles. The smallest absolute Gasteiger partial charge is 0.310 e. The Bertz CT molecular complexity index is 490. The normalized spacial score (nSPS) is 22.1. The lowest BCUT2D eigenvalue weighted by Crippen LogP contribution is -2.20. The third-order valence-corrected chi connectivity index (χ3v) is 2.92. The van der Waals surface area contributed by atoms with Gasteiger partial charge in [-0.3, -0.25) is 4.79 Å². The summed E-state index contributed by atoms with van der Waals surface area (Å²) < 4.78 is 13.9. The second-order valence-corrected chi connectivity index (χ2v) is 4.15. The van der Waals surface area contributed by atoms with Gasteiger partial charge in [-0.2, -0.15) is 0 Å². The predicted octanol–water partition coefficient (Wildman–Crippen LogP) is 1.62. The molecule has 6 heteroatoms. The van der Waals surface area contributed by atoms with Gasteiger partial charge in [-0.15, -0.1) is 0 Å². The number of aromatic nitrogens is 2. The molecule has 1 aromatic rings. The van der Waals surface area contributed by atoms with Crippen LogP contribution < -0.4 is 5.32 Å². The Morgan fingerprint density at radius 1 is 1.56 bits per heavy atom. The third-order valence-electron chi connectivity index (χ3n) is 2.92. The van der Waals surface area contributed by atoms with Gasteiger partial charge in [-0.05, 0) is 12.8 Å². The number of nitrogens with one attached hydrogen (secondary N) is 1. The van der Waals surface area contributed by atoms with Gasteiger partial charge in [0.15, 0.2) is 11.6 Å². The lowest BCUT2D eigenvalue weighted by molar-refractivity contribution is -0.140. The Hall–Kier alpha value is -1.98. The van der Waals surface area contributed by atoms with Crippen molar-refractivity contribution in [2.75, 3.05) is 5.32 Å². The van der Waals surface area contributed by atoms with Crippen LogP contribution >= 0.6 is 0 Å². The van der Waals surface area contributed by atoms with Crippen LogP contribution in [-0.4, -0.2) is 27.1 Å². The molecule has 1 aliphatic rings. The number of halogens is 1. The number of carboxylic acids is 1. The molecule has 0 radical (unpaired) electrons. The molecule has 2 unspecified atom stereocenters. The van der Waals surface area contributed by atoms with E-state index >= 15 is 0 Å². The van der Waals surface area contributed by atoms with Gasteiger partial charge in [0.25, 0.3) is 0 Å². The largest absolute Gasteiger partial charge is 0.481 e. The van der Waals surface area contributed by atoms with Gasteiger partial charge < -0.3 is 10.4 Å². The van der Waals surface area contributed by atoms with E-state index in [2.05, 4.69) is 15.3 Å². The molecule has 2 atom stereocenters. The Kier molecular flexibility index (Phi) is 3.55. The van der Waals surface area contributed by atoms with Crippen molar-refractivity contribution in [1.29, 1.82) is 0 Å². The van der Waals surface area contributed by atoms with Crippen molar-refractivity contribution >= 4 is 11.8 Å². The van der Waals surface area contributed by atoms with E-state index in [4.69, 9.17) is 5.11 Å². The molecule has 1 heterocycles. The fourth-order valence-corrected chi connectivity index (χ4v) is 1.92. The number of hydrogen-bond acceptors (Lipinski definition) is 4. The van der Waals surface area contributed by atoms with Crippen molar-refractivity contribution in [2.24, 2.45) is 5.92 Å². The number of carbonyl (C=O) groups is 1. The van der Waals surface area contributed by atoms with E-state index in [9.17, 15) is 9.18 Å². The SMILES string of the molecule is CCc1ncnc(NC2C=CC(C(=O)O)C2)c1F. The quantitative estimate of drug-likeness (QED) is 0.795. The topological polar surface area (TPSA) is 75.1 Å². The summed E-state index contributed by atoms with van der Waals surface area (Å²) in [6.45, 7) is 1.81. The van der Waals surface area contributed by atoms with Crippen molar-refractivity contribution in [3.8, 4) is 0 Å². The number of anilines is 1. The van der Waals surface area contributed by atoms with Crippen molar-refractivity contribution in [1.82, 2.24) is 9.97 Å². The lowest BCUT2D eigenvalue weighted by Gasteiger charge is -2.13. The molecule has 0 bridgehead atoms. The van der Waals surface area contributed by atoms with E-state index < -0.39 is 17.7 Å². The number of rotatable bonds is 4. The van der Waals surface area contributed by atoms with Crippen molar-refractivity contribution in [3.05, 3.63) is 30.0 Å². The molecule has 2 N–H and O–H groups in total. The molecular weight excluding hydrogens is 237 g/mol. The molecule has 18 heavy (non-hydrogen) atoms.